The molecule has 40 heavy (non-hydrogen) atoms. The molecule has 2 aromatic heterocycles. The second-order valence-corrected chi connectivity index (χ2v) is 12.1. The van der Waals surface area contributed by atoms with Crippen LogP contribution in [0.1, 0.15) is 24.2 Å². The van der Waals surface area contributed by atoms with Crippen LogP contribution in [0.15, 0.2) is 53.9 Å². The van der Waals surface area contributed by atoms with E-state index in [1.165, 1.54) is 22.7 Å². The number of thiazole rings is 2. The number of hydrogen-bond donors (Lipinski definition) is 4. The van der Waals surface area contributed by atoms with E-state index >= 15 is 0 Å². The molecule has 3 amide bonds. The maximum absolute atomic E-state index is 12.7. The summed E-state index contributed by atoms with van der Waals surface area (Å²) in [5.41, 5.74) is 8.82. The van der Waals surface area contributed by atoms with Gasteiger partial charge in [-0.2, -0.15) is 0 Å². The van der Waals surface area contributed by atoms with Crippen LogP contribution in [0.5, 0.6) is 5.75 Å². The predicted octanol–water partition coefficient (Wildman–Crippen LogP) is 5.49. The summed E-state index contributed by atoms with van der Waals surface area (Å²) >= 11 is 2.70. The monoisotopic (exact) mass is 579 g/mol. The highest BCUT2D eigenvalue weighted by Crippen LogP contribution is 2.38. The molecular formula is C28H33N7O3S2. The molecule has 0 saturated carbocycles. The Labute approximate surface area is 241 Å². The number of rotatable bonds is 10. The van der Waals surface area contributed by atoms with Gasteiger partial charge in [0.15, 0.2) is 5.13 Å². The Morgan fingerprint density at radius 1 is 1.07 bits per heavy atom. The van der Waals surface area contributed by atoms with Gasteiger partial charge in [0.2, 0.25) is 0 Å². The number of nitrogens with one attached hydrogen (secondary N) is 3. The zero-order valence-corrected chi connectivity index (χ0v) is 24.7. The fourth-order valence-electron chi connectivity index (χ4n) is 4.15. The van der Waals surface area contributed by atoms with Gasteiger partial charge in [0.05, 0.1) is 12.8 Å². The third-order valence-electron chi connectivity index (χ3n) is 5.79. The number of anilines is 3. The highest BCUT2D eigenvalue weighted by Gasteiger charge is 2.21. The van der Waals surface area contributed by atoms with Gasteiger partial charge in [-0.1, -0.05) is 43.4 Å². The molecule has 12 heteroatoms. The van der Waals surface area contributed by atoms with Gasteiger partial charge in [0.25, 0.3) is 5.91 Å². The van der Waals surface area contributed by atoms with Crippen molar-refractivity contribution in [3.63, 3.8) is 0 Å². The van der Waals surface area contributed by atoms with Gasteiger partial charge in [-0.05, 0) is 49.8 Å². The molecule has 0 spiro atoms. The summed E-state index contributed by atoms with van der Waals surface area (Å²) < 4.78 is 5.21. The average Bonchev–Trinajstić information content (AvgIpc) is 3.53. The Morgan fingerprint density at radius 2 is 1.85 bits per heavy atom. The van der Waals surface area contributed by atoms with Crippen molar-refractivity contribution in [2.75, 3.05) is 50.7 Å². The Kier molecular flexibility index (Phi) is 9.03. The van der Waals surface area contributed by atoms with Crippen molar-refractivity contribution in [1.29, 1.82) is 0 Å². The number of benzene rings is 2. The van der Waals surface area contributed by atoms with Gasteiger partial charge in [0, 0.05) is 35.3 Å². The molecule has 2 heterocycles. The molecule has 0 saturated heterocycles. The van der Waals surface area contributed by atoms with Crippen molar-refractivity contribution in [2.24, 2.45) is 5.41 Å². The van der Waals surface area contributed by atoms with Crippen LogP contribution in [-0.2, 0) is 0 Å². The fourth-order valence-corrected chi connectivity index (χ4v) is 5.95. The maximum atomic E-state index is 12.7. The Morgan fingerprint density at radius 3 is 2.60 bits per heavy atom. The lowest BCUT2D eigenvalue weighted by molar-refractivity contribution is 0.102. The van der Waals surface area contributed by atoms with E-state index in [0.717, 1.165) is 17.8 Å². The summed E-state index contributed by atoms with van der Waals surface area (Å²) in [4.78, 5) is 37.0. The van der Waals surface area contributed by atoms with Crippen molar-refractivity contribution in [3.8, 4) is 26.9 Å². The van der Waals surface area contributed by atoms with Crippen molar-refractivity contribution < 1.29 is 14.3 Å². The van der Waals surface area contributed by atoms with Crippen LogP contribution < -0.4 is 26.4 Å². The van der Waals surface area contributed by atoms with Crippen molar-refractivity contribution in [1.82, 2.24) is 20.2 Å². The number of carbonyl (C=O) groups excluding carboxylic acids is 2. The Bertz CT molecular complexity index is 1500. The number of hydrogen-bond acceptors (Lipinski definition) is 9. The van der Waals surface area contributed by atoms with Gasteiger partial charge in [-0.15, -0.1) is 11.3 Å². The van der Waals surface area contributed by atoms with E-state index in [1.54, 1.807) is 31.4 Å². The van der Waals surface area contributed by atoms with Crippen molar-refractivity contribution in [3.05, 3.63) is 59.5 Å². The molecule has 2 aromatic carbocycles. The number of nitrogen functional groups attached to an aromatic ring is 1. The molecule has 0 aliphatic rings. The second kappa shape index (κ2) is 12.5. The first-order valence-electron chi connectivity index (χ1n) is 12.5. The van der Waals surface area contributed by atoms with Crippen molar-refractivity contribution in [2.45, 2.75) is 13.8 Å². The third-order valence-corrected chi connectivity index (χ3v) is 7.77. The number of nitrogens with zero attached hydrogens (tertiary/aromatic N) is 3. The molecular weight excluding hydrogens is 546 g/mol. The minimum Gasteiger partial charge on any atom is -0.497 e. The molecule has 0 bridgehead atoms. The number of nitrogens with two attached hydrogens (primary N) is 1. The van der Waals surface area contributed by atoms with Gasteiger partial charge >= 0.3 is 6.03 Å². The summed E-state index contributed by atoms with van der Waals surface area (Å²) in [6.07, 6.45) is 0. The second-order valence-electron chi connectivity index (χ2n) is 10.2. The molecule has 0 atom stereocenters. The number of aromatic nitrogens is 2. The largest absolute Gasteiger partial charge is 0.497 e. The molecule has 5 N–H and O–H groups in total. The molecule has 0 aliphatic heterocycles. The van der Waals surface area contributed by atoms with E-state index in [4.69, 9.17) is 15.5 Å². The van der Waals surface area contributed by atoms with Gasteiger partial charge in [-0.25, -0.2) is 14.8 Å². The van der Waals surface area contributed by atoms with Gasteiger partial charge in [0.1, 0.15) is 21.5 Å². The summed E-state index contributed by atoms with van der Waals surface area (Å²) in [5.74, 6) is 0.674. The first kappa shape index (κ1) is 29.0. The predicted molar refractivity (Wildman–Crippen MR) is 163 cm³/mol. The average molecular weight is 580 g/mol. The van der Waals surface area contributed by atoms with Crippen LogP contribution in [0.4, 0.5) is 21.4 Å². The summed E-state index contributed by atoms with van der Waals surface area (Å²) in [5, 5.41) is 11.6. The highest BCUT2D eigenvalue weighted by atomic mass is 32.1. The van der Waals surface area contributed by atoms with Crippen LogP contribution in [0.3, 0.4) is 0 Å². The number of amides is 3. The molecule has 0 radical (unpaired) electrons. The van der Waals surface area contributed by atoms with E-state index in [2.05, 4.69) is 39.7 Å². The summed E-state index contributed by atoms with van der Waals surface area (Å²) in [7, 11) is 5.57. The quantitative estimate of drug-likeness (QED) is 0.195. The highest BCUT2D eigenvalue weighted by molar-refractivity contribution is 7.23. The smallest absolute Gasteiger partial charge is 0.321 e. The molecule has 0 aliphatic carbocycles. The molecule has 210 valence electrons. The Balaban J connectivity index is 1.42. The van der Waals surface area contributed by atoms with Crippen LogP contribution in [-0.4, -0.2) is 61.1 Å². The first-order chi connectivity index (χ1) is 19.0. The lowest BCUT2D eigenvalue weighted by Gasteiger charge is -2.28. The van der Waals surface area contributed by atoms with E-state index in [1.807, 2.05) is 43.7 Å². The third kappa shape index (κ3) is 7.56. The van der Waals surface area contributed by atoms with E-state index < -0.39 is 0 Å². The van der Waals surface area contributed by atoms with Crippen LogP contribution in [0.25, 0.3) is 21.1 Å². The zero-order valence-electron chi connectivity index (χ0n) is 23.1. The number of methoxy groups -OCH3 is 1. The molecule has 10 nitrogen and oxygen atoms in total. The summed E-state index contributed by atoms with van der Waals surface area (Å²) in [6, 6.07) is 14.1. The standard InChI is InChI=1S/C28H33N7O3S2/c1-28(2,16-35(3)4)15-30-26(37)34-27-33-23(29)22(40-27)25-32-21(14-39-25)17-8-6-10-19(12-17)31-24(36)18-9-7-11-20(13-18)38-5/h6-14H,15-16,29H2,1-5H3,(H,31,36)(H2,30,33,34,37). The zero-order chi connectivity index (χ0) is 28.9. The van der Waals surface area contributed by atoms with Gasteiger partial charge in [-0.3, -0.25) is 10.1 Å². The number of carbonyl (C=O) groups is 2. The van der Waals surface area contributed by atoms with Crippen LogP contribution >= 0.6 is 22.7 Å². The van der Waals surface area contributed by atoms with E-state index in [-0.39, 0.29) is 17.4 Å². The van der Waals surface area contributed by atoms with E-state index in [0.29, 0.717) is 44.4 Å². The maximum Gasteiger partial charge on any atom is 0.321 e. The minimum absolute atomic E-state index is 0.0829. The molecule has 4 aromatic rings. The van der Waals surface area contributed by atoms with Crippen LogP contribution in [0, 0.1) is 5.41 Å². The van der Waals surface area contributed by atoms with E-state index in [9.17, 15) is 9.59 Å². The van der Waals surface area contributed by atoms with Gasteiger partial charge < -0.3 is 26.0 Å². The number of urea groups is 1. The lowest BCUT2D eigenvalue weighted by atomic mass is 9.93. The summed E-state index contributed by atoms with van der Waals surface area (Å²) in [6.45, 7) is 5.54. The normalized spacial score (nSPS) is 11.3. The minimum atomic E-state index is -0.334. The Hall–Kier alpha value is -4.00. The SMILES string of the molecule is COc1cccc(C(=O)Nc2cccc(-c3csc(-c4sc(NC(=O)NCC(C)(C)CN(C)C)nc4N)n3)c2)c1. The lowest BCUT2D eigenvalue weighted by Crippen LogP contribution is -2.41. The van der Waals surface area contributed by atoms with Crippen LogP contribution in [0.2, 0.25) is 0 Å². The molecule has 0 fully saturated rings. The molecule has 0 unspecified atom stereocenters. The first-order valence-corrected chi connectivity index (χ1v) is 14.2. The fraction of sp³-hybridized carbons (Fsp3) is 0.286. The van der Waals surface area contributed by atoms with Crippen molar-refractivity contribution >= 4 is 51.2 Å². The number of ether oxygens (including phenoxy) is 1. The molecule has 4 rings (SSSR count). The topological polar surface area (TPSA) is 134 Å².